The molecule has 0 radical (unpaired) electrons. The zero-order chi connectivity index (χ0) is 12.8. The van der Waals surface area contributed by atoms with Crippen LogP contribution < -0.4 is 5.32 Å². The number of ether oxygens (including phenoxy) is 1. The molecule has 16 heavy (non-hydrogen) atoms. The van der Waals surface area contributed by atoms with Crippen LogP contribution in [-0.2, 0) is 4.74 Å². The van der Waals surface area contributed by atoms with Crippen LogP contribution in [-0.4, -0.2) is 23.1 Å². The molecule has 0 heterocycles. The summed E-state index contributed by atoms with van der Waals surface area (Å²) in [7, 11) is 0. The Morgan fingerprint density at radius 2 is 1.94 bits per heavy atom. The van der Waals surface area contributed by atoms with Crippen LogP contribution in [0.3, 0.4) is 0 Å². The predicted octanol–water partition coefficient (Wildman–Crippen LogP) is 3.71. The second-order valence-corrected chi connectivity index (χ2v) is 6.24. The van der Waals surface area contributed by atoms with Crippen molar-refractivity contribution in [3.63, 3.8) is 0 Å². The minimum absolute atomic E-state index is 0.189. The van der Waals surface area contributed by atoms with Gasteiger partial charge in [-0.25, -0.2) is 4.79 Å². The molecule has 0 fully saturated rings. The van der Waals surface area contributed by atoms with Crippen LogP contribution in [0.1, 0.15) is 47.5 Å². The van der Waals surface area contributed by atoms with Gasteiger partial charge in [-0.05, 0) is 39.5 Å². The largest absolute Gasteiger partial charge is 0.444 e. The number of amides is 1. The normalized spacial score (nSPS) is 13.7. The molecule has 0 bridgehead atoms. The van der Waals surface area contributed by atoms with E-state index in [1.165, 1.54) is 0 Å². The Hall–Kier alpha value is -0.250. The molecule has 1 atom stereocenters. The molecule has 0 saturated heterocycles. The fraction of sp³-hybridized carbons (Fsp3) is 0.917. The van der Waals surface area contributed by atoms with Gasteiger partial charge < -0.3 is 10.1 Å². The number of carbonyl (C=O) groups excluding carboxylic acids is 1. The molecule has 0 aromatic carbocycles. The van der Waals surface area contributed by atoms with E-state index in [0.717, 1.165) is 18.2 Å². The Balaban J connectivity index is 4.12. The number of halogens is 1. The van der Waals surface area contributed by atoms with E-state index in [1.54, 1.807) is 0 Å². The Kier molecular flexibility index (Phi) is 7.04. The Bertz CT molecular complexity index is 212. The molecule has 3 nitrogen and oxygen atoms in total. The van der Waals surface area contributed by atoms with Crippen molar-refractivity contribution in [1.82, 2.24) is 5.32 Å². The number of hydrogen-bond donors (Lipinski definition) is 1. The third-order valence-electron chi connectivity index (χ3n) is 1.93. The van der Waals surface area contributed by atoms with Gasteiger partial charge in [-0.2, -0.15) is 0 Å². The van der Waals surface area contributed by atoms with Gasteiger partial charge in [0.05, 0.1) is 0 Å². The summed E-state index contributed by atoms with van der Waals surface area (Å²) in [6, 6.07) is 0.189. The molecule has 0 spiro atoms. The van der Waals surface area contributed by atoms with Crippen LogP contribution in [0.2, 0.25) is 0 Å². The van der Waals surface area contributed by atoms with Gasteiger partial charge in [-0.1, -0.05) is 29.8 Å². The fourth-order valence-electron chi connectivity index (χ4n) is 1.42. The zero-order valence-corrected chi connectivity index (χ0v) is 12.6. The van der Waals surface area contributed by atoms with E-state index in [-0.39, 0.29) is 12.1 Å². The minimum Gasteiger partial charge on any atom is -0.444 e. The van der Waals surface area contributed by atoms with Gasteiger partial charge in [-0.3, -0.25) is 0 Å². The first-order valence-corrected chi connectivity index (χ1v) is 6.92. The van der Waals surface area contributed by atoms with Gasteiger partial charge in [-0.15, -0.1) is 0 Å². The quantitative estimate of drug-likeness (QED) is 0.785. The Morgan fingerprint density at radius 1 is 1.38 bits per heavy atom. The lowest BCUT2D eigenvalue weighted by molar-refractivity contribution is 0.0498. The van der Waals surface area contributed by atoms with Gasteiger partial charge >= 0.3 is 6.09 Å². The summed E-state index contributed by atoms with van der Waals surface area (Å²) >= 11 is 3.40. The van der Waals surface area contributed by atoms with Crippen LogP contribution in [0.25, 0.3) is 0 Å². The summed E-state index contributed by atoms with van der Waals surface area (Å²) in [6.07, 6.45) is 1.58. The van der Waals surface area contributed by atoms with Crippen LogP contribution in [0.15, 0.2) is 0 Å². The van der Waals surface area contributed by atoms with Crippen LogP contribution >= 0.6 is 15.9 Å². The molecule has 0 aliphatic carbocycles. The topological polar surface area (TPSA) is 38.3 Å². The summed E-state index contributed by atoms with van der Waals surface area (Å²) in [4.78, 5) is 11.6. The lowest BCUT2D eigenvalue weighted by Crippen LogP contribution is -2.40. The Labute approximate surface area is 107 Å². The van der Waals surface area contributed by atoms with Crippen molar-refractivity contribution in [2.24, 2.45) is 5.92 Å². The highest BCUT2D eigenvalue weighted by Crippen LogP contribution is 2.11. The maximum Gasteiger partial charge on any atom is 0.407 e. The highest BCUT2D eigenvalue weighted by atomic mass is 79.9. The lowest BCUT2D eigenvalue weighted by Gasteiger charge is -2.24. The SMILES string of the molecule is CC(C)C[C@@H](CCBr)NC(=O)OC(C)(C)C. The van der Waals surface area contributed by atoms with Gasteiger partial charge in [0, 0.05) is 11.4 Å². The number of alkyl halides is 1. The van der Waals surface area contributed by atoms with E-state index in [9.17, 15) is 4.79 Å². The summed E-state index contributed by atoms with van der Waals surface area (Å²) in [6.45, 7) is 9.91. The molecule has 1 N–H and O–H groups in total. The van der Waals surface area contributed by atoms with Gasteiger partial charge in [0.25, 0.3) is 0 Å². The molecule has 0 saturated carbocycles. The first kappa shape index (κ1) is 15.8. The first-order valence-electron chi connectivity index (χ1n) is 5.80. The van der Waals surface area contributed by atoms with Crippen molar-refractivity contribution in [3.8, 4) is 0 Å². The molecular weight excluding hydrogens is 270 g/mol. The van der Waals surface area contributed by atoms with Crippen molar-refractivity contribution in [1.29, 1.82) is 0 Å². The summed E-state index contributed by atoms with van der Waals surface area (Å²) in [5, 5.41) is 3.80. The minimum atomic E-state index is -0.430. The number of rotatable bonds is 5. The summed E-state index contributed by atoms with van der Waals surface area (Å²) in [5.41, 5.74) is -0.430. The number of nitrogens with one attached hydrogen (secondary N) is 1. The van der Waals surface area contributed by atoms with E-state index in [1.807, 2.05) is 20.8 Å². The standard InChI is InChI=1S/C12H24BrNO2/c1-9(2)8-10(6-7-13)14-11(15)16-12(3,4)5/h9-10H,6-8H2,1-5H3,(H,14,15)/t10-/m1/s1. The zero-order valence-electron chi connectivity index (χ0n) is 11.0. The van der Waals surface area contributed by atoms with Crippen LogP contribution in [0.5, 0.6) is 0 Å². The first-order chi connectivity index (χ1) is 7.24. The average Bonchev–Trinajstić information content (AvgIpc) is 1.98. The predicted molar refractivity (Wildman–Crippen MR) is 71.0 cm³/mol. The molecule has 1 amide bonds. The third-order valence-corrected chi connectivity index (χ3v) is 2.39. The van der Waals surface area contributed by atoms with Crippen molar-refractivity contribution < 1.29 is 9.53 Å². The highest BCUT2D eigenvalue weighted by Gasteiger charge is 2.19. The smallest absolute Gasteiger partial charge is 0.407 e. The number of hydrogen-bond acceptors (Lipinski definition) is 2. The lowest BCUT2D eigenvalue weighted by atomic mass is 10.0. The summed E-state index contributed by atoms with van der Waals surface area (Å²) in [5.74, 6) is 0.569. The van der Waals surface area contributed by atoms with Crippen LogP contribution in [0, 0.1) is 5.92 Å². The highest BCUT2D eigenvalue weighted by molar-refractivity contribution is 9.09. The van der Waals surface area contributed by atoms with Gasteiger partial charge in [0.15, 0.2) is 0 Å². The number of carbonyl (C=O) groups is 1. The maximum absolute atomic E-state index is 11.6. The number of alkyl carbamates (subject to hydrolysis) is 1. The molecule has 0 rings (SSSR count). The molecule has 0 aromatic rings. The third kappa shape index (κ3) is 9.01. The molecule has 0 aliphatic rings. The summed E-state index contributed by atoms with van der Waals surface area (Å²) < 4.78 is 5.23. The molecule has 0 aromatic heterocycles. The van der Waals surface area contributed by atoms with E-state index < -0.39 is 5.60 Å². The van der Waals surface area contributed by atoms with Crippen molar-refractivity contribution >= 4 is 22.0 Å². The maximum atomic E-state index is 11.6. The molecule has 4 heteroatoms. The van der Waals surface area contributed by atoms with Crippen molar-refractivity contribution in [3.05, 3.63) is 0 Å². The monoisotopic (exact) mass is 293 g/mol. The average molecular weight is 294 g/mol. The van der Waals surface area contributed by atoms with E-state index in [4.69, 9.17) is 4.74 Å². The van der Waals surface area contributed by atoms with E-state index in [2.05, 4.69) is 35.1 Å². The molecule has 96 valence electrons. The molecule has 0 aliphatic heterocycles. The van der Waals surface area contributed by atoms with Crippen molar-refractivity contribution in [2.75, 3.05) is 5.33 Å². The van der Waals surface area contributed by atoms with E-state index >= 15 is 0 Å². The second-order valence-electron chi connectivity index (χ2n) is 5.45. The van der Waals surface area contributed by atoms with Crippen LogP contribution in [0.4, 0.5) is 4.79 Å². The van der Waals surface area contributed by atoms with Gasteiger partial charge in [0.1, 0.15) is 5.60 Å². The Morgan fingerprint density at radius 3 is 2.31 bits per heavy atom. The van der Waals surface area contributed by atoms with Crippen molar-refractivity contribution in [2.45, 2.75) is 59.1 Å². The molecule has 0 unspecified atom stereocenters. The van der Waals surface area contributed by atoms with Gasteiger partial charge in [0.2, 0.25) is 0 Å². The fourth-order valence-corrected chi connectivity index (χ4v) is 1.98. The second kappa shape index (κ2) is 7.15. The molecular formula is C12H24BrNO2. The van der Waals surface area contributed by atoms with E-state index in [0.29, 0.717) is 5.92 Å².